The predicted octanol–water partition coefficient (Wildman–Crippen LogP) is 3.20. The first-order valence-electron chi connectivity index (χ1n) is 10.8. The Balaban J connectivity index is 1.51. The van der Waals surface area contributed by atoms with Gasteiger partial charge in [0.05, 0.1) is 31.7 Å². The van der Waals surface area contributed by atoms with Crippen molar-refractivity contribution < 1.29 is 14.4 Å². The number of likely N-dealkylation sites (tertiary alicyclic amines) is 1. The van der Waals surface area contributed by atoms with Crippen LogP contribution in [0.2, 0.25) is 0 Å². The zero-order chi connectivity index (χ0) is 23.4. The van der Waals surface area contributed by atoms with Crippen molar-refractivity contribution in [3.05, 3.63) is 72.7 Å². The lowest BCUT2D eigenvalue weighted by Crippen LogP contribution is -2.45. The molecule has 2 aromatic heterocycles. The second-order valence-electron chi connectivity index (χ2n) is 7.97. The smallest absolute Gasteiger partial charge is 0.277 e. The molecule has 0 saturated carbocycles. The fourth-order valence-corrected chi connectivity index (χ4v) is 3.98. The molecule has 1 fully saturated rings. The highest BCUT2D eigenvalue weighted by molar-refractivity contribution is 5.93. The zero-order valence-corrected chi connectivity index (χ0v) is 19.1. The fourth-order valence-electron chi connectivity index (χ4n) is 3.98. The highest BCUT2D eigenvalue weighted by atomic mass is 16.7. The topological polar surface area (TPSA) is 85.6 Å². The molecular formula is C24H28N6O3. The molecule has 1 saturated heterocycles. The van der Waals surface area contributed by atoms with E-state index in [0.717, 1.165) is 29.8 Å². The van der Waals surface area contributed by atoms with Crippen LogP contribution in [0.5, 0.6) is 5.88 Å². The number of carbonyl (C=O) groups is 1. The van der Waals surface area contributed by atoms with E-state index in [1.165, 1.54) is 12.2 Å². The number of nitrogens with zero attached hydrogens (tertiary/aromatic N) is 6. The van der Waals surface area contributed by atoms with Crippen molar-refractivity contribution in [2.24, 2.45) is 0 Å². The summed E-state index contributed by atoms with van der Waals surface area (Å²) in [7, 11) is 3.01. The number of aromatic nitrogens is 4. The number of piperidine rings is 1. The summed E-state index contributed by atoms with van der Waals surface area (Å²) in [6.07, 6.45) is 6.61. The maximum Gasteiger partial charge on any atom is 0.277 e. The largest absolute Gasteiger partial charge is 0.472 e. The summed E-state index contributed by atoms with van der Waals surface area (Å²) >= 11 is 0. The van der Waals surface area contributed by atoms with Crippen molar-refractivity contribution in [2.75, 3.05) is 20.7 Å². The van der Waals surface area contributed by atoms with Crippen LogP contribution in [-0.2, 0) is 4.84 Å². The van der Waals surface area contributed by atoms with Crippen molar-refractivity contribution in [1.29, 1.82) is 0 Å². The number of rotatable bonds is 7. The van der Waals surface area contributed by atoms with Crippen molar-refractivity contribution in [3.8, 4) is 11.6 Å². The lowest BCUT2D eigenvalue weighted by Gasteiger charge is -2.40. The second kappa shape index (κ2) is 9.83. The quantitative estimate of drug-likeness (QED) is 0.513. The Kier molecular flexibility index (Phi) is 6.69. The van der Waals surface area contributed by atoms with Gasteiger partial charge >= 0.3 is 0 Å². The van der Waals surface area contributed by atoms with Gasteiger partial charge in [0.25, 0.3) is 5.91 Å². The van der Waals surface area contributed by atoms with E-state index in [1.54, 1.807) is 42.6 Å². The molecule has 3 aromatic rings. The first kappa shape index (κ1) is 22.5. The normalized spacial score (nSPS) is 18.1. The number of hydrogen-bond acceptors (Lipinski definition) is 7. The van der Waals surface area contributed by atoms with Crippen LogP contribution in [0.15, 0.2) is 61.6 Å². The van der Waals surface area contributed by atoms with E-state index in [0.29, 0.717) is 24.0 Å². The summed E-state index contributed by atoms with van der Waals surface area (Å²) in [5, 5.41) is 9.72. The molecular weight excluding hydrogens is 420 g/mol. The van der Waals surface area contributed by atoms with Gasteiger partial charge in [-0.05, 0) is 31.9 Å². The van der Waals surface area contributed by atoms with Crippen molar-refractivity contribution in [3.63, 3.8) is 0 Å². The van der Waals surface area contributed by atoms with Crippen molar-refractivity contribution >= 4 is 11.6 Å². The molecule has 2 atom stereocenters. The van der Waals surface area contributed by atoms with Gasteiger partial charge in [-0.25, -0.2) is 10.0 Å². The van der Waals surface area contributed by atoms with Crippen LogP contribution < -0.4 is 4.74 Å². The third-order valence-corrected chi connectivity index (χ3v) is 5.86. The van der Waals surface area contributed by atoms with Gasteiger partial charge in [0.15, 0.2) is 0 Å². The van der Waals surface area contributed by atoms with Gasteiger partial charge in [-0.2, -0.15) is 15.0 Å². The minimum absolute atomic E-state index is 0.0917. The molecule has 1 aliphatic heterocycles. The van der Waals surface area contributed by atoms with Crippen LogP contribution in [0.3, 0.4) is 0 Å². The maximum absolute atomic E-state index is 12.4. The van der Waals surface area contributed by atoms with Gasteiger partial charge in [-0.1, -0.05) is 24.8 Å². The predicted molar refractivity (Wildman–Crippen MR) is 124 cm³/mol. The number of hydroxylamine groups is 2. The summed E-state index contributed by atoms with van der Waals surface area (Å²) in [6.45, 7) is 7.24. The van der Waals surface area contributed by atoms with E-state index < -0.39 is 0 Å². The molecule has 0 radical (unpaired) electrons. The van der Waals surface area contributed by atoms with Crippen LogP contribution in [0.4, 0.5) is 0 Å². The average Bonchev–Trinajstić information content (AvgIpc) is 3.39. The Morgan fingerprint density at radius 2 is 1.91 bits per heavy atom. The molecule has 1 amide bonds. The van der Waals surface area contributed by atoms with Gasteiger partial charge in [0.2, 0.25) is 5.88 Å². The minimum Gasteiger partial charge on any atom is -0.472 e. The number of hydrogen-bond donors (Lipinski definition) is 0. The lowest BCUT2D eigenvalue weighted by atomic mass is 9.98. The van der Waals surface area contributed by atoms with E-state index in [4.69, 9.17) is 9.57 Å². The first-order valence-corrected chi connectivity index (χ1v) is 10.8. The van der Waals surface area contributed by atoms with Gasteiger partial charge in [0, 0.05) is 42.2 Å². The highest BCUT2D eigenvalue weighted by Crippen LogP contribution is 2.31. The Morgan fingerprint density at radius 1 is 1.15 bits per heavy atom. The highest BCUT2D eigenvalue weighted by Gasteiger charge is 2.29. The molecule has 3 heterocycles. The monoisotopic (exact) mass is 448 g/mol. The van der Waals surface area contributed by atoms with Crippen molar-refractivity contribution in [2.45, 2.75) is 31.9 Å². The summed E-state index contributed by atoms with van der Waals surface area (Å²) in [5.74, 6) is 0.150. The first-order chi connectivity index (χ1) is 16.0. The third kappa shape index (κ3) is 4.88. The molecule has 0 aliphatic carbocycles. The van der Waals surface area contributed by atoms with Crippen LogP contribution >= 0.6 is 0 Å². The molecule has 9 heteroatoms. The minimum atomic E-state index is -0.263. The van der Waals surface area contributed by atoms with Gasteiger partial charge < -0.3 is 9.64 Å². The molecule has 172 valence electrons. The van der Waals surface area contributed by atoms with Crippen LogP contribution in [0, 0.1) is 0 Å². The van der Waals surface area contributed by atoms with E-state index in [-0.39, 0.29) is 12.0 Å². The van der Waals surface area contributed by atoms with E-state index in [2.05, 4.69) is 33.6 Å². The number of pyridine rings is 1. The number of para-hydroxylation sites is 1. The Morgan fingerprint density at radius 3 is 2.67 bits per heavy atom. The van der Waals surface area contributed by atoms with E-state index in [9.17, 15) is 4.79 Å². The standard InChI is InChI=1S/C24H28N6O3/c1-17-9-10-20(33-23-15-19(11-12-25-23)24(31)28(3)32-4)16-29(17)18(2)21-7-5-6-8-22(21)30-26-13-14-27-30/h5-8,11-15,17,20H,2,9-10,16H2,1,3-4H3/t17-,20-/m1/s1. The molecule has 33 heavy (non-hydrogen) atoms. The van der Waals surface area contributed by atoms with Crippen molar-refractivity contribution in [1.82, 2.24) is 29.9 Å². The zero-order valence-electron chi connectivity index (χ0n) is 19.1. The van der Waals surface area contributed by atoms with Crippen LogP contribution in [0.25, 0.3) is 11.4 Å². The Hall–Kier alpha value is -3.72. The Labute approximate surface area is 193 Å². The average molecular weight is 449 g/mol. The summed E-state index contributed by atoms with van der Waals surface area (Å²) in [6, 6.07) is 11.5. The van der Waals surface area contributed by atoms with Gasteiger partial charge in [-0.15, -0.1) is 0 Å². The molecule has 1 aliphatic rings. The molecule has 0 bridgehead atoms. The fraction of sp³-hybridized carbons (Fsp3) is 0.333. The van der Waals surface area contributed by atoms with Gasteiger partial charge in [0.1, 0.15) is 6.10 Å². The summed E-state index contributed by atoms with van der Waals surface area (Å²) in [5.41, 5.74) is 3.19. The Bertz CT molecular complexity index is 1120. The van der Waals surface area contributed by atoms with Gasteiger partial charge in [-0.3, -0.25) is 9.63 Å². The summed E-state index contributed by atoms with van der Waals surface area (Å²) < 4.78 is 6.19. The number of benzene rings is 1. The third-order valence-electron chi connectivity index (χ3n) is 5.86. The number of amides is 1. The second-order valence-corrected chi connectivity index (χ2v) is 7.97. The van der Waals surface area contributed by atoms with Crippen LogP contribution in [0.1, 0.15) is 35.7 Å². The SMILES string of the molecule is C=C(c1ccccc1-n1nccn1)N1C[C@H](Oc2cc(C(=O)N(C)OC)ccn2)CC[C@H]1C. The van der Waals surface area contributed by atoms with Crippen LogP contribution in [-0.4, -0.2) is 68.7 Å². The molecule has 9 nitrogen and oxygen atoms in total. The van der Waals surface area contributed by atoms with E-state index >= 15 is 0 Å². The number of ether oxygens (including phenoxy) is 1. The molecule has 4 rings (SSSR count). The molecule has 0 N–H and O–H groups in total. The molecule has 0 unspecified atom stereocenters. The summed E-state index contributed by atoms with van der Waals surface area (Å²) in [4.78, 5) is 25.5. The lowest BCUT2D eigenvalue weighted by molar-refractivity contribution is -0.0757. The maximum atomic E-state index is 12.4. The van der Waals surface area contributed by atoms with E-state index in [1.807, 2.05) is 24.3 Å². The molecule has 1 aromatic carbocycles. The molecule has 0 spiro atoms. The number of carbonyl (C=O) groups excluding carboxylic acids is 1.